The Morgan fingerprint density at radius 1 is 1.29 bits per heavy atom. The fourth-order valence-corrected chi connectivity index (χ4v) is 1.44. The van der Waals surface area contributed by atoms with Crippen molar-refractivity contribution in [3.63, 3.8) is 0 Å². The van der Waals surface area contributed by atoms with Crippen molar-refractivity contribution < 1.29 is 0 Å². The number of hydrogen-bond donors (Lipinski definition) is 1. The Balaban J connectivity index is 2.63. The van der Waals surface area contributed by atoms with E-state index in [-0.39, 0.29) is 0 Å². The van der Waals surface area contributed by atoms with Crippen molar-refractivity contribution in [2.24, 2.45) is 5.92 Å². The normalized spacial score (nSPS) is 10.3. The summed E-state index contributed by atoms with van der Waals surface area (Å²) in [7, 11) is 0. The number of hydrogen-bond acceptors (Lipinski definition) is 1. The summed E-state index contributed by atoms with van der Waals surface area (Å²) >= 11 is 0. The zero-order valence-corrected chi connectivity index (χ0v) is 9.30. The third-order valence-electron chi connectivity index (χ3n) is 1.96. The topological polar surface area (TPSA) is 12.0 Å². The molecule has 0 radical (unpaired) electrons. The van der Waals surface area contributed by atoms with Crippen LogP contribution in [0.3, 0.4) is 0 Å². The van der Waals surface area contributed by atoms with Gasteiger partial charge in [-0.1, -0.05) is 32.6 Å². The molecule has 0 fully saturated rings. The van der Waals surface area contributed by atoms with E-state index in [4.69, 9.17) is 0 Å². The zero-order chi connectivity index (χ0) is 10.6. The van der Waals surface area contributed by atoms with Gasteiger partial charge in [-0.05, 0) is 37.0 Å². The summed E-state index contributed by atoms with van der Waals surface area (Å²) in [4.78, 5) is 0. The summed E-state index contributed by atoms with van der Waals surface area (Å²) in [6, 6.07) is 8.55. The fraction of sp³-hybridized carbons (Fsp3) is 0.385. The maximum atomic E-state index is 3.81. The first-order valence-electron chi connectivity index (χ1n) is 5.09. The molecule has 0 saturated carbocycles. The van der Waals surface area contributed by atoms with Crippen LogP contribution in [0.1, 0.15) is 26.3 Å². The summed E-state index contributed by atoms with van der Waals surface area (Å²) in [5.41, 5.74) is 3.49. The van der Waals surface area contributed by atoms with Crippen LogP contribution in [0.4, 0.5) is 5.69 Å². The number of rotatable bonds is 4. The second-order valence-corrected chi connectivity index (χ2v) is 4.20. The molecule has 1 rings (SSSR count). The van der Waals surface area contributed by atoms with E-state index in [9.17, 15) is 0 Å². The monoisotopic (exact) mass is 189 g/mol. The molecule has 14 heavy (non-hydrogen) atoms. The predicted molar refractivity (Wildman–Crippen MR) is 63.4 cm³/mol. The first kappa shape index (κ1) is 10.8. The minimum Gasteiger partial charge on any atom is -0.360 e. The maximum Gasteiger partial charge on any atom is 0.0381 e. The van der Waals surface area contributed by atoms with Crippen molar-refractivity contribution in [3.8, 4) is 0 Å². The fourth-order valence-electron chi connectivity index (χ4n) is 1.44. The summed E-state index contributed by atoms with van der Waals surface area (Å²) in [5, 5.41) is 3.19. The van der Waals surface area contributed by atoms with Gasteiger partial charge in [0.1, 0.15) is 0 Å². The zero-order valence-electron chi connectivity index (χ0n) is 9.30. The number of nitrogens with one attached hydrogen (secondary N) is 1. The Hall–Kier alpha value is -1.24. The molecule has 1 nitrogen and oxygen atoms in total. The van der Waals surface area contributed by atoms with Crippen molar-refractivity contribution in [3.05, 3.63) is 42.1 Å². The molecule has 1 aromatic rings. The molecule has 0 amide bonds. The minimum absolute atomic E-state index is 0.718. The van der Waals surface area contributed by atoms with Crippen LogP contribution in [0.5, 0.6) is 0 Å². The largest absolute Gasteiger partial charge is 0.360 e. The lowest BCUT2D eigenvalue weighted by atomic mass is 10.0. The molecule has 1 aromatic carbocycles. The molecule has 1 N–H and O–H groups in total. The summed E-state index contributed by atoms with van der Waals surface area (Å²) < 4.78 is 0. The van der Waals surface area contributed by atoms with E-state index in [1.54, 1.807) is 0 Å². The maximum absolute atomic E-state index is 3.81. The quantitative estimate of drug-likeness (QED) is 0.759. The van der Waals surface area contributed by atoms with E-state index in [0.29, 0.717) is 0 Å². The average molecular weight is 189 g/mol. The van der Waals surface area contributed by atoms with E-state index in [2.05, 4.69) is 50.0 Å². The number of benzene rings is 1. The summed E-state index contributed by atoms with van der Waals surface area (Å²) in [5.74, 6) is 0.718. The lowest BCUT2D eigenvalue weighted by Crippen LogP contribution is -1.96. The third kappa shape index (κ3) is 3.65. The van der Waals surface area contributed by atoms with Crippen LogP contribution in [0.25, 0.3) is 0 Å². The Morgan fingerprint density at radius 3 is 2.29 bits per heavy atom. The SMILES string of the molecule is C=C(C)Nc1ccc(CC(C)C)cc1. The van der Waals surface area contributed by atoms with Gasteiger partial charge in [0.05, 0.1) is 0 Å². The van der Waals surface area contributed by atoms with Gasteiger partial charge >= 0.3 is 0 Å². The van der Waals surface area contributed by atoms with Gasteiger partial charge < -0.3 is 5.32 Å². The second kappa shape index (κ2) is 4.85. The van der Waals surface area contributed by atoms with Crippen molar-refractivity contribution in [1.29, 1.82) is 0 Å². The van der Waals surface area contributed by atoms with E-state index < -0.39 is 0 Å². The van der Waals surface area contributed by atoms with Gasteiger partial charge in [-0.15, -0.1) is 0 Å². The second-order valence-electron chi connectivity index (χ2n) is 4.20. The van der Waals surface area contributed by atoms with Gasteiger partial charge in [-0.25, -0.2) is 0 Å². The first-order valence-corrected chi connectivity index (χ1v) is 5.09. The molecule has 0 unspecified atom stereocenters. The van der Waals surface area contributed by atoms with Gasteiger partial charge in [0, 0.05) is 11.4 Å². The van der Waals surface area contributed by atoms with E-state index in [1.165, 1.54) is 5.56 Å². The number of allylic oxidation sites excluding steroid dienone is 1. The van der Waals surface area contributed by atoms with Gasteiger partial charge in [-0.2, -0.15) is 0 Å². The van der Waals surface area contributed by atoms with Crippen molar-refractivity contribution >= 4 is 5.69 Å². The predicted octanol–water partition coefficient (Wildman–Crippen LogP) is 3.83. The Morgan fingerprint density at radius 2 is 1.86 bits per heavy atom. The van der Waals surface area contributed by atoms with Crippen molar-refractivity contribution in [2.45, 2.75) is 27.2 Å². The smallest absolute Gasteiger partial charge is 0.0381 e. The van der Waals surface area contributed by atoms with Crippen LogP contribution >= 0.6 is 0 Å². The van der Waals surface area contributed by atoms with E-state index in [1.807, 2.05) is 6.92 Å². The van der Waals surface area contributed by atoms with Gasteiger partial charge in [0.25, 0.3) is 0 Å². The minimum atomic E-state index is 0.718. The van der Waals surface area contributed by atoms with Crippen LogP contribution < -0.4 is 5.32 Å². The molecule has 0 aliphatic carbocycles. The molecular formula is C13H19N. The lowest BCUT2D eigenvalue weighted by Gasteiger charge is -2.08. The Labute approximate surface area is 86.8 Å². The third-order valence-corrected chi connectivity index (χ3v) is 1.96. The standard InChI is InChI=1S/C13H19N/c1-10(2)9-12-5-7-13(8-6-12)14-11(3)4/h5-8,10,14H,3,9H2,1-2,4H3. The highest BCUT2D eigenvalue weighted by atomic mass is 14.9. The molecule has 0 bridgehead atoms. The van der Waals surface area contributed by atoms with Crippen molar-refractivity contribution in [2.75, 3.05) is 5.32 Å². The van der Waals surface area contributed by atoms with Gasteiger partial charge in [0.15, 0.2) is 0 Å². The van der Waals surface area contributed by atoms with Crippen LogP contribution in [0.15, 0.2) is 36.5 Å². The van der Waals surface area contributed by atoms with Crippen LogP contribution in [0.2, 0.25) is 0 Å². The lowest BCUT2D eigenvalue weighted by molar-refractivity contribution is 0.647. The molecule has 0 aliphatic heterocycles. The van der Waals surface area contributed by atoms with Crippen molar-refractivity contribution in [1.82, 2.24) is 0 Å². The summed E-state index contributed by atoms with van der Waals surface area (Å²) in [6.07, 6.45) is 1.15. The highest BCUT2D eigenvalue weighted by molar-refractivity contribution is 5.48. The Bertz CT molecular complexity index is 296. The molecule has 0 aromatic heterocycles. The molecule has 0 aliphatic rings. The first-order chi connectivity index (χ1) is 6.58. The van der Waals surface area contributed by atoms with E-state index in [0.717, 1.165) is 23.7 Å². The molecule has 0 atom stereocenters. The molecule has 0 heterocycles. The molecule has 0 spiro atoms. The highest BCUT2D eigenvalue weighted by Crippen LogP contribution is 2.13. The van der Waals surface area contributed by atoms with Gasteiger partial charge in [0.2, 0.25) is 0 Å². The van der Waals surface area contributed by atoms with Crippen LogP contribution in [0, 0.1) is 5.92 Å². The van der Waals surface area contributed by atoms with E-state index >= 15 is 0 Å². The summed E-state index contributed by atoms with van der Waals surface area (Å²) in [6.45, 7) is 10.2. The highest BCUT2D eigenvalue weighted by Gasteiger charge is 1.97. The van der Waals surface area contributed by atoms with Gasteiger partial charge in [-0.3, -0.25) is 0 Å². The molecular weight excluding hydrogens is 170 g/mol. The van der Waals surface area contributed by atoms with Crippen LogP contribution in [-0.2, 0) is 6.42 Å². The van der Waals surface area contributed by atoms with Crippen LogP contribution in [-0.4, -0.2) is 0 Å². The number of anilines is 1. The molecule has 1 heteroatoms. The molecule has 0 saturated heterocycles. The average Bonchev–Trinajstić information content (AvgIpc) is 2.06. The molecule has 76 valence electrons. The Kier molecular flexibility index (Phi) is 3.75.